The highest BCUT2D eigenvalue weighted by molar-refractivity contribution is 6.44. The average molecular weight is 381 g/mol. The molecule has 0 spiro atoms. The molecule has 0 radical (unpaired) electrons. The molecular formula is C18H44O4Si2. The van der Waals surface area contributed by atoms with Crippen molar-refractivity contribution in [1.82, 2.24) is 0 Å². The smallest absolute Gasteiger partial charge is 0.321 e. The molecule has 6 heteroatoms. The first-order valence-electron chi connectivity index (χ1n) is 9.45. The summed E-state index contributed by atoms with van der Waals surface area (Å²) in [5.41, 5.74) is 0.669. The summed E-state index contributed by atoms with van der Waals surface area (Å²) in [5, 5.41) is 0. The van der Waals surface area contributed by atoms with Crippen LogP contribution in [0.4, 0.5) is 0 Å². The minimum atomic E-state index is -1.36. The van der Waals surface area contributed by atoms with Gasteiger partial charge in [-0.25, -0.2) is 0 Å². The van der Waals surface area contributed by atoms with Crippen LogP contribution in [0.2, 0.25) is 12.1 Å². The Morgan fingerprint density at radius 2 is 0.708 bits per heavy atom. The second-order valence-electron chi connectivity index (χ2n) is 8.21. The lowest BCUT2D eigenvalue weighted by atomic mass is 10.0. The van der Waals surface area contributed by atoms with E-state index in [4.69, 9.17) is 17.7 Å². The minimum absolute atomic E-state index is 0.335. The van der Waals surface area contributed by atoms with Crippen LogP contribution < -0.4 is 0 Å². The van der Waals surface area contributed by atoms with E-state index in [1.807, 2.05) is 27.7 Å². The fourth-order valence-corrected chi connectivity index (χ4v) is 6.23. The molecule has 0 saturated carbocycles. The van der Waals surface area contributed by atoms with Crippen LogP contribution in [0, 0.1) is 10.8 Å². The van der Waals surface area contributed by atoms with Gasteiger partial charge in [-0.1, -0.05) is 41.5 Å². The van der Waals surface area contributed by atoms with E-state index < -0.39 is 18.6 Å². The third-order valence-electron chi connectivity index (χ3n) is 2.97. The van der Waals surface area contributed by atoms with Gasteiger partial charge in [-0.15, -0.1) is 0 Å². The Bertz CT molecular complexity index is 235. The molecule has 148 valence electrons. The molecule has 0 rings (SSSR count). The summed E-state index contributed by atoms with van der Waals surface area (Å²) in [4.78, 5) is 0. The molecule has 0 fully saturated rings. The van der Waals surface area contributed by atoms with Gasteiger partial charge in [0.15, 0.2) is 0 Å². The maximum Gasteiger partial charge on any atom is 0.321 e. The van der Waals surface area contributed by atoms with Gasteiger partial charge in [-0.2, -0.15) is 0 Å². The minimum Gasteiger partial charge on any atom is -0.397 e. The molecule has 0 bridgehead atoms. The van der Waals surface area contributed by atoms with Crippen LogP contribution in [0.5, 0.6) is 0 Å². The highest BCUT2D eigenvalue weighted by Gasteiger charge is 2.22. The lowest BCUT2D eigenvalue weighted by Gasteiger charge is -2.23. The molecule has 0 aliphatic heterocycles. The number of hydrogen-bond acceptors (Lipinski definition) is 4. The van der Waals surface area contributed by atoms with Gasteiger partial charge in [0.1, 0.15) is 0 Å². The number of rotatable bonds is 10. The van der Waals surface area contributed by atoms with E-state index >= 15 is 0 Å². The number of hydrogen-bond donors (Lipinski definition) is 0. The highest BCUT2D eigenvalue weighted by atomic mass is 28.3. The van der Waals surface area contributed by atoms with Crippen LogP contribution in [0.3, 0.4) is 0 Å². The summed E-state index contributed by atoms with van der Waals surface area (Å²) in [5.74, 6) is 0. The van der Waals surface area contributed by atoms with Crippen molar-refractivity contribution in [2.45, 2.75) is 81.3 Å². The van der Waals surface area contributed by atoms with Crippen molar-refractivity contribution in [3.8, 4) is 0 Å². The zero-order valence-electron chi connectivity index (χ0n) is 18.0. The predicted molar refractivity (Wildman–Crippen MR) is 109 cm³/mol. The van der Waals surface area contributed by atoms with Crippen LogP contribution in [-0.4, -0.2) is 45.0 Å². The zero-order chi connectivity index (χ0) is 19.2. The van der Waals surface area contributed by atoms with Crippen LogP contribution in [0.25, 0.3) is 0 Å². The Hall–Kier alpha value is 0.274. The van der Waals surface area contributed by atoms with Crippen LogP contribution in [-0.2, 0) is 17.7 Å². The van der Waals surface area contributed by atoms with Gasteiger partial charge in [0.25, 0.3) is 0 Å². The second kappa shape index (κ2) is 14.4. The molecule has 0 aliphatic rings. The van der Waals surface area contributed by atoms with Crippen molar-refractivity contribution in [1.29, 1.82) is 0 Å². The van der Waals surface area contributed by atoms with Crippen LogP contribution >= 0.6 is 0 Å². The predicted octanol–water partition coefficient (Wildman–Crippen LogP) is 4.65. The highest BCUT2D eigenvalue weighted by Crippen LogP contribution is 2.23. The molecule has 0 saturated heterocycles. The molecule has 0 amide bonds. The maximum absolute atomic E-state index is 5.58. The van der Waals surface area contributed by atoms with Crippen molar-refractivity contribution in [2.75, 3.05) is 26.4 Å². The van der Waals surface area contributed by atoms with E-state index in [-0.39, 0.29) is 0 Å². The lowest BCUT2D eigenvalue weighted by Crippen LogP contribution is -2.28. The molecule has 0 unspecified atom stereocenters. The fourth-order valence-electron chi connectivity index (χ4n) is 2.08. The Labute approximate surface area is 155 Å². The Kier molecular flexibility index (Phi) is 15.9. The topological polar surface area (TPSA) is 36.9 Å². The van der Waals surface area contributed by atoms with Crippen molar-refractivity contribution in [3.63, 3.8) is 0 Å². The second-order valence-corrected chi connectivity index (χ2v) is 12.1. The van der Waals surface area contributed by atoms with Gasteiger partial charge < -0.3 is 17.7 Å². The standard InChI is InChI=1S/2C9H22O2Si/c2*1-6-10-12(11-7-2)8-9(3,4)5/h2*12H,6-8H2,1-5H3. The first-order chi connectivity index (χ1) is 11.0. The summed E-state index contributed by atoms with van der Waals surface area (Å²) >= 11 is 0. The molecule has 0 atom stereocenters. The monoisotopic (exact) mass is 380 g/mol. The van der Waals surface area contributed by atoms with Gasteiger partial charge >= 0.3 is 18.6 Å². The van der Waals surface area contributed by atoms with E-state index in [2.05, 4.69) is 41.5 Å². The summed E-state index contributed by atoms with van der Waals surface area (Å²) < 4.78 is 22.3. The Morgan fingerprint density at radius 3 is 0.833 bits per heavy atom. The summed E-state index contributed by atoms with van der Waals surface area (Å²) in [6.07, 6.45) is 0. The zero-order valence-corrected chi connectivity index (χ0v) is 20.3. The van der Waals surface area contributed by atoms with E-state index in [9.17, 15) is 0 Å². The van der Waals surface area contributed by atoms with Crippen molar-refractivity contribution in [3.05, 3.63) is 0 Å². The van der Waals surface area contributed by atoms with Crippen molar-refractivity contribution in [2.24, 2.45) is 10.8 Å². The maximum atomic E-state index is 5.58. The molecule has 0 aromatic rings. The SMILES string of the molecule is CCO[SiH](CC(C)(C)C)OCC.CCO[SiH](CC(C)(C)C)OCC. The molecule has 0 aromatic carbocycles. The lowest BCUT2D eigenvalue weighted by molar-refractivity contribution is 0.201. The van der Waals surface area contributed by atoms with Crippen molar-refractivity contribution < 1.29 is 17.7 Å². The van der Waals surface area contributed by atoms with Gasteiger partial charge in [0, 0.05) is 26.4 Å². The molecule has 0 aromatic heterocycles. The fraction of sp³-hybridized carbons (Fsp3) is 1.00. The summed E-state index contributed by atoms with van der Waals surface area (Å²) in [6.45, 7) is 24.6. The van der Waals surface area contributed by atoms with E-state index in [0.29, 0.717) is 10.8 Å². The first-order valence-corrected chi connectivity index (χ1v) is 13.0. The summed E-state index contributed by atoms with van der Waals surface area (Å²) in [7, 11) is -2.72. The molecule has 0 heterocycles. The van der Waals surface area contributed by atoms with Crippen molar-refractivity contribution >= 4 is 18.6 Å². The van der Waals surface area contributed by atoms with Gasteiger partial charge in [0.05, 0.1) is 0 Å². The van der Waals surface area contributed by atoms with Crippen LogP contribution in [0.15, 0.2) is 0 Å². The van der Waals surface area contributed by atoms with E-state index in [0.717, 1.165) is 38.5 Å². The third-order valence-corrected chi connectivity index (χ3v) is 8.90. The first kappa shape index (κ1) is 26.5. The molecule has 4 nitrogen and oxygen atoms in total. The molecule has 0 N–H and O–H groups in total. The average Bonchev–Trinajstić information content (AvgIpc) is 2.37. The molecular weight excluding hydrogens is 336 g/mol. The Morgan fingerprint density at radius 1 is 0.500 bits per heavy atom. The van der Waals surface area contributed by atoms with E-state index in [1.54, 1.807) is 0 Å². The van der Waals surface area contributed by atoms with Gasteiger partial charge in [0.2, 0.25) is 0 Å². The summed E-state index contributed by atoms with van der Waals surface area (Å²) in [6, 6.07) is 2.18. The normalized spacial score (nSPS) is 12.5. The van der Waals surface area contributed by atoms with Gasteiger partial charge in [-0.05, 0) is 50.6 Å². The van der Waals surface area contributed by atoms with Gasteiger partial charge in [-0.3, -0.25) is 0 Å². The quantitative estimate of drug-likeness (QED) is 0.517. The van der Waals surface area contributed by atoms with E-state index in [1.165, 1.54) is 0 Å². The van der Waals surface area contributed by atoms with Crippen LogP contribution in [0.1, 0.15) is 69.2 Å². The molecule has 24 heavy (non-hydrogen) atoms. The third kappa shape index (κ3) is 20.3. The Balaban J connectivity index is 0. The molecule has 0 aliphatic carbocycles. The largest absolute Gasteiger partial charge is 0.397 e.